The maximum atomic E-state index is 13.4. The molecule has 0 heterocycles. The van der Waals surface area contributed by atoms with Crippen molar-refractivity contribution in [1.82, 2.24) is 0 Å². The van der Waals surface area contributed by atoms with E-state index in [1.54, 1.807) is 31.2 Å². The van der Waals surface area contributed by atoms with Crippen LogP contribution in [0.15, 0.2) is 40.9 Å². The van der Waals surface area contributed by atoms with Gasteiger partial charge in [0.25, 0.3) is 5.91 Å². The summed E-state index contributed by atoms with van der Waals surface area (Å²) in [5.41, 5.74) is 2.44. The highest BCUT2D eigenvalue weighted by Gasteiger charge is 2.10. The van der Waals surface area contributed by atoms with E-state index in [2.05, 4.69) is 21.2 Å². The van der Waals surface area contributed by atoms with Crippen molar-refractivity contribution in [2.45, 2.75) is 13.8 Å². The Labute approximate surface area is 119 Å². The first-order chi connectivity index (χ1) is 8.97. The van der Waals surface area contributed by atoms with Crippen LogP contribution in [0.1, 0.15) is 21.5 Å². The predicted octanol–water partition coefficient (Wildman–Crippen LogP) is 4.46. The molecule has 1 N–H and O–H groups in total. The second-order valence-electron chi connectivity index (χ2n) is 4.38. The fraction of sp³-hybridized carbons (Fsp3) is 0.133. The molecule has 2 aromatic carbocycles. The molecule has 0 aliphatic rings. The number of amides is 1. The Kier molecular flexibility index (Phi) is 4.00. The highest BCUT2D eigenvalue weighted by molar-refractivity contribution is 9.10. The Hall–Kier alpha value is -1.68. The molecule has 0 radical (unpaired) electrons. The summed E-state index contributed by atoms with van der Waals surface area (Å²) in [6.45, 7) is 3.55. The second-order valence-corrected chi connectivity index (χ2v) is 5.30. The molecule has 4 heteroatoms. The van der Waals surface area contributed by atoms with Gasteiger partial charge in [0.1, 0.15) is 5.82 Å². The standard InChI is InChI=1S/C15H13BrFNO/c1-9-6-11(8-12(16)7-9)15(19)18-14-5-3-4-13(17)10(14)2/h3-8H,1-2H3,(H,18,19). The van der Waals surface area contributed by atoms with Crippen molar-refractivity contribution in [1.29, 1.82) is 0 Å². The number of carbonyl (C=O) groups excluding carboxylic acids is 1. The minimum atomic E-state index is -0.330. The third-order valence-corrected chi connectivity index (χ3v) is 3.28. The lowest BCUT2D eigenvalue weighted by Crippen LogP contribution is -2.13. The Bertz CT molecular complexity index is 620. The molecule has 0 spiro atoms. The number of hydrogen-bond acceptors (Lipinski definition) is 1. The lowest BCUT2D eigenvalue weighted by atomic mass is 10.1. The molecule has 2 rings (SSSR count). The number of carbonyl (C=O) groups is 1. The topological polar surface area (TPSA) is 29.1 Å². The molecule has 0 atom stereocenters. The van der Waals surface area contributed by atoms with Crippen LogP contribution < -0.4 is 5.32 Å². The maximum absolute atomic E-state index is 13.4. The summed E-state index contributed by atoms with van der Waals surface area (Å²) in [7, 11) is 0. The number of halogens is 2. The molecule has 0 unspecified atom stereocenters. The number of nitrogens with one attached hydrogen (secondary N) is 1. The van der Waals surface area contributed by atoms with Crippen molar-refractivity contribution in [3.63, 3.8) is 0 Å². The summed E-state index contributed by atoms with van der Waals surface area (Å²) in [5.74, 6) is -0.582. The van der Waals surface area contributed by atoms with Crippen LogP contribution in [0.3, 0.4) is 0 Å². The zero-order valence-corrected chi connectivity index (χ0v) is 12.2. The number of aryl methyl sites for hydroxylation is 1. The van der Waals surface area contributed by atoms with Crippen molar-refractivity contribution >= 4 is 27.5 Å². The molecule has 98 valence electrons. The van der Waals surface area contributed by atoms with Crippen LogP contribution in [-0.4, -0.2) is 5.91 Å². The summed E-state index contributed by atoms with van der Waals surface area (Å²) in [6.07, 6.45) is 0. The molecule has 2 nitrogen and oxygen atoms in total. The quantitative estimate of drug-likeness (QED) is 0.869. The Balaban J connectivity index is 2.28. The molecule has 0 aromatic heterocycles. The molecule has 1 amide bonds. The van der Waals surface area contributed by atoms with Crippen LogP contribution in [0.2, 0.25) is 0 Å². The minimum absolute atomic E-state index is 0.252. The van der Waals surface area contributed by atoms with Crippen molar-refractivity contribution in [2.75, 3.05) is 5.32 Å². The van der Waals surface area contributed by atoms with Crippen LogP contribution in [0.4, 0.5) is 10.1 Å². The highest BCUT2D eigenvalue weighted by atomic mass is 79.9. The van der Waals surface area contributed by atoms with Gasteiger partial charge in [-0.1, -0.05) is 22.0 Å². The first kappa shape index (κ1) is 13.7. The van der Waals surface area contributed by atoms with E-state index in [1.807, 2.05) is 13.0 Å². The lowest BCUT2D eigenvalue weighted by Gasteiger charge is -2.09. The maximum Gasteiger partial charge on any atom is 0.255 e. The summed E-state index contributed by atoms with van der Waals surface area (Å²) >= 11 is 3.35. The van der Waals surface area contributed by atoms with Gasteiger partial charge in [0, 0.05) is 21.3 Å². The summed E-state index contributed by atoms with van der Waals surface area (Å²) in [5, 5.41) is 2.72. The smallest absolute Gasteiger partial charge is 0.255 e. The average molecular weight is 322 g/mol. The van der Waals surface area contributed by atoms with Gasteiger partial charge in [-0.25, -0.2) is 4.39 Å². The molecular weight excluding hydrogens is 309 g/mol. The fourth-order valence-corrected chi connectivity index (χ4v) is 2.41. The van der Waals surface area contributed by atoms with Crippen LogP contribution >= 0.6 is 15.9 Å². The van der Waals surface area contributed by atoms with Gasteiger partial charge in [0.15, 0.2) is 0 Å². The monoisotopic (exact) mass is 321 g/mol. The van der Waals surface area contributed by atoms with Crippen molar-refractivity contribution in [3.05, 3.63) is 63.4 Å². The van der Waals surface area contributed by atoms with E-state index in [0.29, 0.717) is 16.8 Å². The van der Waals surface area contributed by atoms with E-state index < -0.39 is 0 Å². The number of rotatable bonds is 2. The largest absolute Gasteiger partial charge is 0.322 e. The SMILES string of the molecule is Cc1cc(Br)cc(C(=O)Nc2cccc(F)c2C)c1. The van der Waals surface area contributed by atoms with Gasteiger partial charge in [-0.15, -0.1) is 0 Å². The third-order valence-electron chi connectivity index (χ3n) is 2.82. The first-order valence-electron chi connectivity index (χ1n) is 5.81. The van der Waals surface area contributed by atoms with Gasteiger partial charge >= 0.3 is 0 Å². The predicted molar refractivity (Wildman–Crippen MR) is 78.0 cm³/mol. The van der Waals surface area contributed by atoms with E-state index in [4.69, 9.17) is 0 Å². The van der Waals surface area contributed by atoms with Gasteiger partial charge in [-0.2, -0.15) is 0 Å². The normalized spacial score (nSPS) is 10.3. The van der Waals surface area contributed by atoms with Gasteiger partial charge in [0.2, 0.25) is 0 Å². The van der Waals surface area contributed by atoms with E-state index >= 15 is 0 Å². The first-order valence-corrected chi connectivity index (χ1v) is 6.60. The Morgan fingerprint density at radius 2 is 1.95 bits per heavy atom. The van der Waals surface area contributed by atoms with Crippen LogP contribution in [0, 0.1) is 19.7 Å². The fourth-order valence-electron chi connectivity index (χ4n) is 1.80. The van der Waals surface area contributed by atoms with E-state index in [9.17, 15) is 9.18 Å². The molecule has 0 saturated heterocycles. The third kappa shape index (κ3) is 3.20. The van der Waals surface area contributed by atoms with Gasteiger partial charge in [0.05, 0.1) is 0 Å². The molecule has 0 fully saturated rings. The highest BCUT2D eigenvalue weighted by Crippen LogP contribution is 2.20. The molecule has 2 aromatic rings. The summed E-state index contributed by atoms with van der Waals surface area (Å²) in [6, 6.07) is 10.1. The van der Waals surface area contributed by atoms with Crippen molar-refractivity contribution in [2.24, 2.45) is 0 Å². The van der Waals surface area contributed by atoms with Gasteiger partial charge < -0.3 is 5.32 Å². The van der Waals surface area contributed by atoms with Crippen molar-refractivity contribution in [3.8, 4) is 0 Å². The molecular formula is C15H13BrFNO. The number of hydrogen-bond donors (Lipinski definition) is 1. The molecule has 0 saturated carbocycles. The van der Waals surface area contributed by atoms with E-state index in [1.165, 1.54) is 6.07 Å². The lowest BCUT2D eigenvalue weighted by molar-refractivity contribution is 0.102. The molecule has 0 bridgehead atoms. The van der Waals surface area contributed by atoms with E-state index in [0.717, 1.165) is 10.0 Å². The van der Waals surface area contributed by atoms with Gasteiger partial charge in [-0.05, 0) is 49.7 Å². The zero-order valence-electron chi connectivity index (χ0n) is 10.6. The minimum Gasteiger partial charge on any atom is -0.322 e. The molecule has 0 aliphatic heterocycles. The number of anilines is 1. The zero-order chi connectivity index (χ0) is 14.0. The Morgan fingerprint density at radius 3 is 2.63 bits per heavy atom. The number of benzene rings is 2. The van der Waals surface area contributed by atoms with Gasteiger partial charge in [-0.3, -0.25) is 4.79 Å². The molecule has 0 aliphatic carbocycles. The van der Waals surface area contributed by atoms with Crippen LogP contribution in [-0.2, 0) is 0 Å². The van der Waals surface area contributed by atoms with Crippen LogP contribution in [0.25, 0.3) is 0 Å². The van der Waals surface area contributed by atoms with Crippen LogP contribution in [0.5, 0.6) is 0 Å². The van der Waals surface area contributed by atoms with Crippen molar-refractivity contribution < 1.29 is 9.18 Å². The average Bonchev–Trinajstić information content (AvgIpc) is 2.33. The molecule has 19 heavy (non-hydrogen) atoms. The Morgan fingerprint density at radius 1 is 1.21 bits per heavy atom. The van der Waals surface area contributed by atoms with E-state index in [-0.39, 0.29) is 11.7 Å². The summed E-state index contributed by atoms with van der Waals surface area (Å²) in [4.78, 5) is 12.1. The second kappa shape index (κ2) is 5.53. The summed E-state index contributed by atoms with van der Waals surface area (Å²) < 4.78 is 14.2.